The third-order valence-corrected chi connectivity index (χ3v) is 8.28. The first-order valence-corrected chi connectivity index (χ1v) is 12.7. The third-order valence-electron chi connectivity index (χ3n) is 5.88. The van der Waals surface area contributed by atoms with E-state index in [1.807, 2.05) is 30.6 Å². The van der Waals surface area contributed by atoms with Gasteiger partial charge in [-0.05, 0) is 49.7 Å². The lowest BCUT2D eigenvalue weighted by atomic mass is 10.2. The molecule has 0 radical (unpaired) electrons. The SMILES string of the molecule is CCN(CC)S(=O)(=O)c1ccc(C)c(NC(=S)N2CCN(C(=O)C3CCCO3)CC2)c1. The van der Waals surface area contributed by atoms with Crippen molar-refractivity contribution in [2.24, 2.45) is 0 Å². The summed E-state index contributed by atoms with van der Waals surface area (Å²) >= 11 is 5.59. The number of rotatable bonds is 6. The van der Waals surface area contributed by atoms with E-state index in [9.17, 15) is 13.2 Å². The van der Waals surface area contributed by atoms with Crippen molar-refractivity contribution in [3.05, 3.63) is 23.8 Å². The second-order valence-corrected chi connectivity index (χ2v) is 10.1. The number of anilines is 1. The molecule has 2 heterocycles. The molecule has 1 aromatic carbocycles. The Balaban J connectivity index is 1.64. The largest absolute Gasteiger partial charge is 0.368 e. The van der Waals surface area contributed by atoms with Crippen LogP contribution in [0.3, 0.4) is 0 Å². The standard InChI is InChI=1S/C21H32N4O4S2/c1-4-25(5-2)31(27,28)17-9-8-16(3)18(15-17)22-21(30)24-12-10-23(11-13-24)20(26)19-7-6-14-29-19/h8-9,15,19H,4-7,10-14H2,1-3H3,(H,22,30). The van der Waals surface area contributed by atoms with Crippen molar-refractivity contribution in [1.29, 1.82) is 0 Å². The van der Waals surface area contributed by atoms with E-state index in [-0.39, 0.29) is 16.9 Å². The molecule has 31 heavy (non-hydrogen) atoms. The van der Waals surface area contributed by atoms with Gasteiger partial charge in [-0.2, -0.15) is 4.31 Å². The van der Waals surface area contributed by atoms with Crippen LogP contribution in [0.25, 0.3) is 0 Å². The quantitative estimate of drug-likeness (QED) is 0.640. The number of hydrogen-bond donors (Lipinski definition) is 1. The highest BCUT2D eigenvalue weighted by Crippen LogP contribution is 2.24. The first kappa shape index (κ1) is 23.9. The minimum atomic E-state index is -3.55. The molecule has 3 rings (SSSR count). The Hall–Kier alpha value is -1.75. The molecule has 0 aliphatic carbocycles. The number of nitrogens with zero attached hydrogens (tertiary/aromatic N) is 3. The lowest BCUT2D eigenvalue weighted by Gasteiger charge is -2.37. The summed E-state index contributed by atoms with van der Waals surface area (Å²) in [7, 11) is -3.55. The van der Waals surface area contributed by atoms with Gasteiger partial charge in [0, 0.05) is 51.6 Å². The van der Waals surface area contributed by atoms with Crippen LogP contribution in [0.2, 0.25) is 0 Å². The van der Waals surface area contributed by atoms with Crippen molar-refractivity contribution < 1.29 is 17.9 Å². The van der Waals surface area contributed by atoms with Crippen LogP contribution < -0.4 is 5.32 Å². The van der Waals surface area contributed by atoms with E-state index in [0.29, 0.717) is 56.7 Å². The number of aryl methyl sites for hydroxylation is 1. The number of carbonyl (C=O) groups is 1. The summed E-state index contributed by atoms with van der Waals surface area (Å²) in [5.41, 5.74) is 1.59. The highest BCUT2D eigenvalue weighted by molar-refractivity contribution is 7.89. The van der Waals surface area contributed by atoms with Gasteiger partial charge in [-0.15, -0.1) is 0 Å². The third kappa shape index (κ3) is 5.36. The van der Waals surface area contributed by atoms with Crippen LogP contribution in [0, 0.1) is 6.92 Å². The van der Waals surface area contributed by atoms with Crippen molar-refractivity contribution in [3.63, 3.8) is 0 Å². The molecular formula is C21H32N4O4S2. The smallest absolute Gasteiger partial charge is 0.251 e. The van der Waals surface area contributed by atoms with Crippen LogP contribution >= 0.6 is 12.2 Å². The van der Waals surface area contributed by atoms with Crippen LogP contribution in [-0.2, 0) is 19.6 Å². The van der Waals surface area contributed by atoms with Gasteiger partial charge in [-0.3, -0.25) is 4.79 Å². The zero-order valence-electron chi connectivity index (χ0n) is 18.5. The Morgan fingerprint density at radius 1 is 1.19 bits per heavy atom. The topological polar surface area (TPSA) is 82.2 Å². The Morgan fingerprint density at radius 3 is 2.42 bits per heavy atom. The normalized spacial score (nSPS) is 19.7. The van der Waals surface area contributed by atoms with Crippen LogP contribution in [-0.4, -0.2) is 85.5 Å². The maximum atomic E-state index is 12.9. The zero-order valence-corrected chi connectivity index (χ0v) is 20.1. The zero-order chi connectivity index (χ0) is 22.6. The summed E-state index contributed by atoms with van der Waals surface area (Å²) in [5.74, 6) is 0.0705. The molecule has 2 aliphatic heterocycles. The maximum absolute atomic E-state index is 12.9. The van der Waals surface area contributed by atoms with Gasteiger partial charge in [-0.1, -0.05) is 19.9 Å². The second-order valence-electron chi connectivity index (χ2n) is 7.81. The molecule has 172 valence electrons. The number of carbonyl (C=O) groups excluding carboxylic acids is 1. The minimum absolute atomic E-state index is 0.0705. The van der Waals surface area contributed by atoms with E-state index in [0.717, 1.165) is 18.4 Å². The molecule has 0 saturated carbocycles. The Kier molecular flexibility index (Phi) is 7.90. The van der Waals surface area contributed by atoms with Crippen LogP contribution in [0.15, 0.2) is 23.1 Å². The Bertz CT molecular complexity index is 904. The molecule has 0 spiro atoms. The number of amides is 1. The Morgan fingerprint density at radius 2 is 1.84 bits per heavy atom. The first-order valence-electron chi connectivity index (χ1n) is 10.8. The number of benzene rings is 1. The number of sulfonamides is 1. The molecule has 2 fully saturated rings. The fraction of sp³-hybridized carbons (Fsp3) is 0.619. The molecule has 0 bridgehead atoms. The molecule has 1 amide bonds. The van der Waals surface area contributed by atoms with Crippen LogP contribution in [0.4, 0.5) is 5.69 Å². The summed E-state index contributed by atoms with van der Waals surface area (Å²) in [4.78, 5) is 16.6. The van der Waals surface area contributed by atoms with E-state index in [1.54, 1.807) is 18.2 Å². The van der Waals surface area contributed by atoms with Gasteiger partial charge in [0.15, 0.2) is 5.11 Å². The molecule has 1 aromatic rings. The van der Waals surface area contributed by atoms with Crippen LogP contribution in [0.1, 0.15) is 32.3 Å². The lowest BCUT2D eigenvalue weighted by molar-refractivity contribution is -0.142. The van der Waals surface area contributed by atoms with E-state index in [2.05, 4.69) is 5.32 Å². The molecule has 0 aromatic heterocycles. The maximum Gasteiger partial charge on any atom is 0.251 e. The number of thiocarbonyl (C=S) groups is 1. The van der Waals surface area contributed by atoms with E-state index >= 15 is 0 Å². The number of hydrogen-bond acceptors (Lipinski definition) is 5. The molecule has 1 atom stereocenters. The van der Waals surface area contributed by atoms with E-state index < -0.39 is 10.0 Å². The minimum Gasteiger partial charge on any atom is -0.368 e. The average molecular weight is 469 g/mol. The van der Waals surface area contributed by atoms with Crippen molar-refractivity contribution in [3.8, 4) is 0 Å². The van der Waals surface area contributed by atoms with Crippen molar-refractivity contribution >= 4 is 38.9 Å². The number of ether oxygens (including phenoxy) is 1. The molecular weight excluding hydrogens is 436 g/mol. The summed E-state index contributed by atoms with van der Waals surface area (Å²) in [6.07, 6.45) is 1.44. The van der Waals surface area contributed by atoms with Crippen molar-refractivity contribution in [2.75, 3.05) is 51.2 Å². The molecule has 1 unspecified atom stereocenters. The monoisotopic (exact) mass is 468 g/mol. The average Bonchev–Trinajstić information content (AvgIpc) is 3.30. The first-order chi connectivity index (χ1) is 14.8. The second kappa shape index (κ2) is 10.2. The lowest BCUT2D eigenvalue weighted by Crippen LogP contribution is -2.53. The molecule has 8 nitrogen and oxygen atoms in total. The fourth-order valence-corrected chi connectivity index (χ4v) is 5.69. The molecule has 2 aliphatic rings. The van der Waals surface area contributed by atoms with Gasteiger partial charge in [-0.25, -0.2) is 8.42 Å². The number of piperazine rings is 1. The van der Waals surface area contributed by atoms with Crippen molar-refractivity contribution in [2.45, 2.75) is 44.6 Å². The molecule has 2 saturated heterocycles. The van der Waals surface area contributed by atoms with Gasteiger partial charge >= 0.3 is 0 Å². The highest BCUT2D eigenvalue weighted by Gasteiger charge is 2.31. The predicted octanol–water partition coefficient (Wildman–Crippen LogP) is 2.05. The van der Waals surface area contributed by atoms with Gasteiger partial charge < -0.3 is 19.9 Å². The van der Waals surface area contributed by atoms with Crippen LogP contribution in [0.5, 0.6) is 0 Å². The molecule has 1 N–H and O–H groups in total. The number of nitrogens with one attached hydrogen (secondary N) is 1. The molecule has 10 heteroatoms. The summed E-state index contributed by atoms with van der Waals surface area (Å²) < 4.78 is 32.7. The summed E-state index contributed by atoms with van der Waals surface area (Å²) in [5, 5.41) is 3.74. The predicted molar refractivity (Wildman–Crippen MR) is 125 cm³/mol. The fourth-order valence-electron chi connectivity index (χ4n) is 3.91. The summed E-state index contributed by atoms with van der Waals surface area (Å²) in [6.45, 7) is 9.50. The van der Waals surface area contributed by atoms with Gasteiger partial charge in [0.25, 0.3) is 5.91 Å². The van der Waals surface area contributed by atoms with E-state index in [1.165, 1.54) is 4.31 Å². The van der Waals surface area contributed by atoms with E-state index in [4.69, 9.17) is 17.0 Å². The van der Waals surface area contributed by atoms with Gasteiger partial charge in [0.05, 0.1) is 4.90 Å². The van der Waals surface area contributed by atoms with Gasteiger partial charge in [0.1, 0.15) is 6.10 Å². The van der Waals surface area contributed by atoms with Gasteiger partial charge in [0.2, 0.25) is 10.0 Å². The summed E-state index contributed by atoms with van der Waals surface area (Å²) in [6, 6.07) is 5.07. The Labute approximate surface area is 190 Å². The van der Waals surface area contributed by atoms with Crippen molar-refractivity contribution in [1.82, 2.24) is 14.1 Å². The highest BCUT2D eigenvalue weighted by atomic mass is 32.2.